The van der Waals surface area contributed by atoms with Crippen LogP contribution >= 0.6 is 11.3 Å². The predicted molar refractivity (Wildman–Crippen MR) is 90.5 cm³/mol. The van der Waals surface area contributed by atoms with Gasteiger partial charge in [0.05, 0.1) is 10.7 Å². The smallest absolute Gasteiger partial charge is 0.264 e. The molecule has 3 aromatic rings. The van der Waals surface area contributed by atoms with Gasteiger partial charge in [0.2, 0.25) is 0 Å². The third-order valence-electron chi connectivity index (χ3n) is 3.72. The number of carbonyl (C=O) groups excluding carboxylic acids is 1. The molecule has 2 heterocycles. The van der Waals surface area contributed by atoms with E-state index in [1.54, 1.807) is 42.1 Å². The minimum atomic E-state index is -0.680. The van der Waals surface area contributed by atoms with E-state index in [4.69, 9.17) is 0 Å². The summed E-state index contributed by atoms with van der Waals surface area (Å²) in [5.74, 6) is -0.107. The van der Waals surface area contributed by atoms with Crippen LogP contribution in [0.5, 0.6) is 0 Å². The maximum atomic E-state index is 14.3. The number of benzene rings is 1. The van der Waals surface area contributed by atoms with Gasteiger partial charge in [0.1, 0.15) is 22.6 Å². The van der Waals surface area contributed by atoms with Crippen molar-refractivity contribution in [3.8, 4) is 0 Å². The number of aromatic nitrogens is 3. The summed E-state index contributed by atoms with van der Waals surface area (Å²) in [6.07, 6.45) is 3.38. The molecule has 0 saturated heterocycles. The van der Waals surface area contributed by atoms with E-state index in [-0.39, 0.29) is 11.7 Å². The number of thiazole rings is 1. The third kappa shape index (κ3) is 3.07. The van der Waals surface area contributed by atoms with E-state index in [0.29, 0.717) is 22.0 Å². The van der Waals surface area contributed by atoms with Crippen molar-refractivity contribution < 1.29 is 9.18 Å². The quantitative estimate of drug-likeness (QED) is 0.791. The van der Waals surface area contributed by atoms with Crippen LogP contribution in [0.25, 0.3) is 0 Å². The fourth-order valence-corrected chi connectivity index (χ4v) is 3.41. The third-order valence-corrected chi connectivity index (χ3v) is 4.79. The molecule has 124 valence electrons. The molecule has 3 rings (SSSR count). The maximum absolute atomic E-state index is 14.3. The molecule has 0 saturated carbocycles. The van der Waals surface area contributed by atoms with Gasteiger partial charge in [-0.05, 0) is 19.9 Å². The molecule has 2 aromatic heterocycles. The Bertz CT molecular complexity index is 886. The Labute approximate surface area is 143 Å². The van der Waals surface area contributed by atoms with E-state index in [1.807, 2.05) is 14.0 Å². The number of aryl methyl sites for hydroxylation is 3. The molecule has 5 nitrogen and oxygen atoms in total. The molecule has 0 spiro atoms. The van der Waals surface area contributed by atoms with Gasteiger partial charge in [0.25, 0.3) is 5.91 Å². The molecule has 0 unspecified atom stereocenters. The fraction of sp³-hybridized carbons (Fsp3) is 0.235. The molecule has 1 amide bonds. The summed E-state index contributed by atoms with van der Waals surface area (Å²) in [5, 5.41) is 3.71. The summed E-state index contributed by atoms with van der Waals surface area (Å²) in [5.41, 5.74) is 1.04. The van der Waals surface area contributed by atoms with Crippen molar-refractivity contribution >= 4 is 17.2 Å². The zero-order valence-electron chi connectivity index (χ0n) is 13.6. The number of imidazole rings is 1. The van der Waals surface area contributed by atoms with Crippen molar-refractivity contribution in [2.75, 3.05) is 0 Å². The van der Waals surface area contributed by atoms with Crippen LogP contribution in [0, 0.1) is 19.7 Å². The number of halogens is 1. The van der Waals surface area contributed by atoms with Crippen LogP contribution < -0.4 is 5.32 Å². The second-order valence-electron chi connectivity index (χ2n) is 5.47. The first-order valence-corrected chi connectivity index (χ1v) is 8.25. The average molecular weight is 344 g/mol. The summed E-state index contributed by atoms with van der Waals surface area (Å²) in [7, 11) is 1.81. The van der Waals surface area contributed by atoms with Crippen molar-refractivity contribution in [2.45, 2.75) is 19.9 Å². The van der Waals surface area contributed by atoms with Gasteiger partial charge >= 0.3 is 0 Å². The summed E-state index contributed by atoms with van der Waals surface area (Å²) in [6.45, 7) is 3.64. The van der Waals surface area contributed by atoms with Gasteiger partial charge < -0.3 is 9.88 Å². The summed E-state index contributed by atoms with van der Waals surface area (Å²) < 4.78 is 16.1. The minimum Gasteiger partial charge on any atom is -0.337 e. The largest absolute Gasteiger partial charge is 0.337 e. The molecule has 0 fully saturated rings. The van der Waals surface area contributed by atoms with Crippen molar-refractivity contribution in [3.63, 3.8) is 0 Å². The Balaban J connectivity index is 2.00. The monoisotopic (exact) mass is 344 g/mol. The summed E-state index contributed by atoms with van der Waals surface area (Å²) in [6, 6.07) is 5.70. The number of hydrogen-bond donors (Lipinski definition) is 1. The standard InChI is InChI=1S/C17H17FN4OS/c1-10-15(24-11(2)20-10)17(23)21-14(16-19-8-9-22(16)3)12-6-4-5-7-13(12)18/h4-9,14H,1-3H3,(H,21,23)/t14-/m0/s1. The number of hydrogen-bond acceptors (Lipinski definition) is 4. The number of rotatable bonds is 4. The lowest BCUT2D eigenvalue weighted by atomic mass is 10.1. The van der Waals surface area contributed by atoms with Crippen LogP contribution in [0.15, 0.2) is 36.7 Å². The first kappa shape index (κ1) is 16.3. The molecular weight excluding hydrogens is 327 g/mol. The maximum Gasteiger partial charge on any atom is 0.264 e. The Morgan fingerprint density at radius 2 is 2.08 bits per heavy atom. The lowest BCUT2D eigenvalue weighted by molar-refractivity contribution is 0.0944. The highest BCUT2D eigenvalue weighted by Gasteiger charge is 2.25. The normalized spacial score (nSPS) is 12.2. The van der Waals surface area contributed by atoms with Gasteiger partial charge in [-0.2, -0.15) is 0 Å². The SMILES string of the molecule is Cc1nc(C)c(C(=O)N[C@@H](c2ccccc2F)c2nccn2C)s1. The van der Waals surface area contributed by atoms with Gasteiger partial charge in [-0.3, -0.25) is 4.79 Å². The van der Waals surface area contributed by atoms with Crippen LogP contribution in [-0.2, 0) is 7.05 Å². The average Bonchev–Trinajstić information content (AvgIpc) is 3.11. The Morgan fingerprint density at radius 1 is 1.33 bits per heavy atom. The molecule has 0 bridgehead atoms. The van der Waals surface area contributed by atoms with Gasteiger partial charge in [-0.15, -0.1) is 11.3 Å². The fourth-order valence-electron chi connectivity index (χ4n) is 2.58. The number of nitrogens with one attached hydrogen (secondary N) is 1. The van der Waals surface area contributed by atoms with E-state index < -0.39 is 6.04 Å². The zero-order valence-corrected chi connectivity index (χ0v) is 14.4. The van der Waals surface area contributed by atoms with Gasteiger partial charge in [-0.25, -0.2) is 14.4 Å². The first-order chi connectivity index (χ1) is 11.5. The molecule has 1 atom stereocenters. The van der Waals surface area contributed by atoms with Crippen LogP contribution in [0.1, 0.15) is 37.8 Å². The van der Waals surface area contributed by atoms with Crippen molar-refractivity contribution in [1.82, 2.24) is 19.9 Å². The molecule has 1 N–H and O–H groups in total. The number of nitrogens with zero attached hydrogens (tertiary/aromatic N) is 3. The highest BCUT2D eigenvalue weighted by atomic mass is 32.1. The predicted octanol–water partition coefficient (Wildman–Crippen LogP) is 3.15. The van der Waals surface area contributed by atoms with Gasteiger partial charge in [0, 0.05) is 25.0 Å². The second-order valence-corrected chi connectivity index (χ2v) is 6.67. The van der Waals surface area contributed by atoms with E-state index in [1.165, 1.54) is 17.4 Å². The van der Waals surface area contributed by atoms with Crippen LogP contribution in [0.4, 0.5) is 4.39 Å². The van der Waals surface area contributed by atoms with Crippen molar-refractivity contribution in [2.24, 2.45) is 7.05 Å². The molecule has 0 radical (unpaired) electrons. The highest BCUT2D eigenvalue weighted by Crippen LogP contribution is 2.25. The Kier molecular flexibility index (Phi) is 4.44. The molecule has 7 heteroatoms. The van der Waals surface area contributed by atoms with Crippen molar-refractivity contribution in [3.05, 3.63) is 69.4 Å². The number of amides is 1. The molecule has 0 aliphatic heterocycles. The molecular formula is C17H17FN4OS. The van der Waals surface area contributed by atoms with Crippen molar-refractivity contribution in [1.29, 1.82) is 0 Å². The van der Waals surface area contributed by atoms with Crippen LogP contribution in [0.3, 0.4) is 0 Å². The lowest BCUT2D eigenvalue weighted by Gasteiger charge is -2.19. The molecule has 0 aliphatic carbocycles. The minimum absolute atomic E-state index is 0.283. The first-order valence-electron chi connectivity index (χ1n) is 7.44. The molecule has 1 aromatic carbocycles. The lowest BCUT2D eigenvalue weighted by Crippen LogP contribution is -2.31. The Hall–Kier alpha value is -2.54. The van der Waals surface area contributed by atoms with Gasteiger partial charge in [0.15, 0.2) is 0 Å². The van der Waals surface area contributed by atoms with E-state index in [0.717, 1.165) is 5.01 Å². The van der Waals surface area contributed by atoms with Gasteiger partial charge in [-0.1, -0.05) is 18.2 Å². The highest BCUT2D eigenvalue weighted by molar-refractivity contribution is 7.13. The van der Waals surface area contributed by atoms with E-state index in [9.17, 15) is 9.18 Å². The Morgan fingerprint density at radius 3 is 2.67 bits per heavy atom. The van der Waals surface area contributed by atoms with Crippen LogP contribution in [0.2, 0.25) is 0 Å². The second kappa shape index (κ2) is 6.52. The topological polar surface area (TPSA) is 59.8 Å². The van der Waals surface area contributed by atoms with E-state index in [2.05, 4.69) is 15.3 Å². The van der Waals surface area contributed by atoms with E-state index >= 15 is 0 Å². The molecule has 0 aliphatic rings. The molecule has 24 heavy (non-hydrogen) atoms. The zero-order chi connectivity index (χ0) is 17.3. The summed E-state index contributed by atoms with van der Waals surface area (Å²) >= 11 is 1.32. The number of carbonyl (C=O) groups is 1. The van der Waals surface area contributed by atoms with Crippen LogP contribution in [-0.4, -0.2) is 20.4 Å². The summed E-state index contributed by atoms with van der Waals surface area (Å²) in [4.78, 5) is 21.8.